The Morgan fingerprint density at radius 2 is 1.18 bits per heavy atom. The second-order valence-corrected chi connectivity index (χ2v) is 5.93. The van der Waals surface area contributed by atoms with E-state index in [1.54, 1.807) is 0 Å². The van der Waals surface area contributed by atoms with E-state index in [1.165, 1.54) is 57.9 Å². The second-order valence-electron chi connectivity index (χ2n) is 5.93. The van der Waals surface area contributed by atoms with Gasteiger partial charge in [-0.1, -0.05) is 45.4 Å². The van der Waals surface area contributed by atoms with Crippen molar-refractivity contribution in [2.24, 2.45) is 0 Å². The summed E-state index contributed by atoms with van der Waals surface area (Å²) in [6.45, 7) is 4.97. The van der Waals surface area contributed by atoms with Gasteiger partial charge in [-0.05, 0) is 12.8 Å². The predicted octanol–water partition coefficient (Wildman–Crippen LogP) is 3.59. The Morgan fingerprint density at radius 3 is 1.71 bits per heavy atom. The highest BCUT2D eigenvalue weighted by atomic mass is 16.3. The van der Waals surface area contributed by atoms with Crippen LogP contribution in [0.15, 0.2) is 0 Å². The highest BCUT2D eigenvalue weighted by Gasteiger charge is 2.12. The molecule has 0 atom stereocenters. The fourth-order valence-electron chi connectivity index (χ4n) is 2.28. The molecule has 0 rings (SSSR count). The highest BCUT2D eigenvalue weighted by molar-refractivity contribution is 4.46. The standard InChI is InChI=1S/C15H34NO/c1-4-5-6-7-8-9-10-11-13-16(2,3)14-12-15-17/h17H,4-15H2,1-3H3/q+1. The van der Waals surface area contributed by atoms with Crippen LogP contribution < -0.4 is 0 Å². The van der Waals surface area contributed by atoms with Crippen molar-refractivity contribution in [2.45, 2.75) is 64.7 Å². The maximum absolute atomic E-state index is 8.83. The zero-order valence-corrected chi connectivity index (χ0v) is 12.4. The molecular formula is C15H34NO+. The van der Waals surface area contributed by atoms with Gasteiger partial charge in [-0.25, -0.2) is 0 Å². The smallest absolute Gasteiger partial charge is 0.0804 e. The number of aliphatic hydroxyl groups excluding tert-OH is 1. The predicted molar refractivity (Wildman–Crippen MR) is 76.2 cm³/mol. The molecule has 0 radical (unpaired) electrons. The fraction of sp³-hybridized carbons (Fsp3) is 1.00. The lowest BCUT2D eigenvalue weighted by molar-refractivity contribution is -0.890. The summed E-state index contributed by atoms with van der Waals surface area (Å²) in [5.41, 5.74) is 0. The molecule has 0 bridgehead atoms. The normalized spacial score (nSPS) is 12.0. The first-order chi connectivity index (χ1) is 8.12. The first kappa shape index (κ1) is 16.9. The van der Waals surface area contributed by atoms with Gasteiger partial charge in [0.05, 0.1) is 27.2 Å². The zero-order valence-electron chi connectivity index (χ0n) is 12.4. The molecule has 0 aliphatic carbocycles. The van der Waals surface area contributed by atoms with Gasteiger partial charge >= 0.3 is 0 Å². The molecular weight excluding hydrogens is 210 g/mol. The Kier molecular flexibility index (Phi) is 11.0. The number of rotatable bonds is 12. The van der Waals surface area contributed by atoms with Gasteiger partial charge in [0, 0.05) is 13.0 Å². The molecule has 1 N–H and O–H groups in total. The molecule has 0 saturated carbocycles. The van der Waals surface area contributed by atoms with Gasteiger partial charge < -0.3 is 9.59 Å². The molecule has 17 heavy (non-hydrogen) atoms. The molecule has 2 nitrogen and oxygen atoms in total. The molecule has 0 aromatic rings. The molecule has 0 aromatic heterocycles. The minimum atomic E-state index is 0.332. The van der Waals surface area contributed by atoms with E-state index in [1.807, 2.05) is 0 Å². The average Bonchev–Trinajstić information content (AvgIpc) is 2.30. The lowest BCUT2D eigenvalue weighted by Crippen LogP contribution is -2.41. The van der Waals surface area contributed by atoms with E-state index in [0.29, 0.717) is 6.61 Å². The van der Waals surface area contributed by atoms with Gasteiger partial charge in [-0.2, -0.15) is 0 Å². The number of aliphatic hydroxyl groups is 1. The van der Waals surface area contributed by atoms with Crippen LogP contribution in [0.1, 0.15) is 64.7 Å². The van der Waals surface area contributed by atoms with Crippen molar-refractivity contribution in [3.8, 4) is 0 Å². The number of nitrogens with zero attached hydrogens (tertiary/aromatic N) is 1. The van der Waals surface area contributed by atoms with Crippen molar-refractivity contribution in [3.05, 3.63) is 0 Å². The third-order valence-corrected chi connectivity index (χ3v) is 3.54. The third kappa shape index (κ3) is 12.2. The van der Waals surface area contributed by atoms with Crippen LogP contribution in [-0.2, 0) is 0 Å². The summed E-state index contributed by atoms with van der Waals surface area (Å²) in [5.74, 6) is 0. The summed E-state index contributed by atoms with van der Waals surface area (Å²) in [6.07, 6.45) is 12.1. The Hall–Kier alpha value is -0.0800. The lowest BCUT2D eigenvalue weighted by Gasteiger charge is -2.29. The molecule has 0 heterocycles. The maximum atomic E-state index is 8.83. The Balaban J connectivity index is 3.26. The molecule has 0 fully saturated rings. The van der Waals surface area contributed by atoms with E-state index in [-0.39, 0.29) is 0 Å². The van der Waals surface area contributed by atoms with E-state index < -0.39 is 0 Å². The quantitative estimate of drug-likeness (QED) is 0.411. The Labute approximate surface area is 109 Å². The van der Waals surface area contributed by atoms with Crippen molar-refractivity contribution in [2.75, 3.05) is 33.8 Å². The first-order valence-electron chi connectivity index (χ1n) is 7.55. The van der Waals surface area contributed by atoms with E-state index in [0.717, 1.165) is 17.4 Å². The molecule has 0 aromatic carbocycles. The van der Waals surface area contributed by atoms with Gasteiger partial charge in [0.2, 0.25) is 0 Å². The van der Waals surface area contributed by atoms with Crippen molar-refractivity contribution < 1.29 is 9.59 Å². The van der Waals surface area contributed by atoms with Crippen LogP contribution in [0.5, 0.6) is 0 Å². The summed E-state index contributed by atoms with van der Waals surface area (Å²) >= 11 is 0. The zero-order chi connectivity index (χ0) is 13.0. The lowest BCUT2D eigenvalue weighted by atomic mass is 10.1. The van der Waals surface area contributed by atoms with Gasteiger partial charge in [0.1, 0.15) is 0 Å². The largest absolute Gasteiger partial charge is 0.396 e. The van der Waals surface area contributed by atoms with E-state index in [9.17, 15) is 0 Å². The topological polar surface area (TPSA) is 20.2 Å². The van der Waals surface area contributed by atoms with Crippen LogP contribution in [-0.4, -0.2) is 43.4 Å². The summed E-state index contributed by atoms with van der Waals surface area (Å²) in [4.78, 5) is 0. The summed E-state index contributed by atoms with van der Waals surface area (Å²) < 4.78 is 1.07. The number of quaternary nitrogens is 1. The molecule has 0 saturated heterocycles. The first-order valence-corrected chi connectivity index (χ1v) is 7.55. The second kappa shape index (κ2) is 11.0. The Bertz CT molecular complexity index is 157. The van der Waals surface area contributed by atoms with Gasteiger partial charge in [-0.15, -0.1) is 0 Å². The number of hydrogen-bond acceptors (Lipinski definition) is 1. The average molecular weight is 244 g/mol. The third-order valence-electron chi connectivity index (χ3n) is 3.54. The van der Waals surface area contributed by atoms with E-state index in [2.05, 4.69) is 21.0 Å². The monoisotopic (exact) mass is 244 g/mol. The fourth-order valence-corrected chi connectivity index (χ4v) is 2.28. The number of hydrogen-bond donors (Lipinski definition) is 1. The summed E-state index contributed by atoms with van der Waals surface area (Å²) in [5, 5.41) is 8.83. The summed E-state index contributed by atoms with van der Waals surface area (Å²) in [7, 11) is 4.55. The molecule has 0 spiro atoms. The molecule has 104 valence electrons. The van der Waals surface area contributed by atoms with Crippen molar-refractivity contribution >= 4 is 0 Å². The van der Waals surface area contributed by atoms with Gasteiger partial charge in [0.15, 0.2) is 0 Å². The molecule has 0 amide bonds. The van der Waals surface area contributed by atoms with Gasteiger partial charge in [0.25, 0.3) is 0 Å². The molecule has 0 unspecified atom stereocenters. The van der Waals surface area contributed by atoms with Crippen molar-refractivity contribution in [1.29, 1.82) is 0 Å². The minimum Gasteiger partial charge on any atom is -0.396 e. The summed E-state index contributed by atoms with van der Waals surface area (Å²) in [6, 6.07) is 0. The van der Waals surface area contributed by atoms with Gasteiger partial charge in [-0.3, -0.25) is 0 Å². The Morgan fingerprint density at radius 1 is 0.706 bits per heavy atom. The van der Waals surface area contributed by atoms with Crippen molar-refractivity contribution in [1.82, 2.24) is 0 Å². The maximum Gasteiger partial charge on any atom is 0.0804 e. The highest BCUT2D eigenvalue weighted by Crippen LogP contribution is 2.10. The number of unbranched alkanes of at least 4 members (excludes halogenated alkanes) is 7. The van der Waals surface area contributed by atoms with Crippen LogP contribution in [0.2, 0.25) is 0 Å². The molecule has 0 aliphatic rings. The van der Waals surface area contributed by atoms with E-state index >= 15 is 0 Å². The van der Waals surface area contributed by atoms with Crippen LogP contribution in [0.25, 0.3) is 0 Å². The van der Waals surface area contributed by atoms with Crippen LogP contribution in [0.4, 0.5) is 0 Å². The minimum absolute atomic E-state index is 0.332. The van der Waals surface area contributed by atoms with Crippen LogP contribution in [0, 0.1) is 0 Å². The van der Waals surface area contributed by atoms with Crippen LogP contribution >= 0.6 is 0 Å². The molecule has 2 heteroatoms. The molecule has 0 aliphatic heterocycles. The van der Waals surface area contributed by atoms with Crippen LogP contribution in [0.3, 0.4) is 0 Å². The van der Waals surface area contributed by atoms with E-state index in [4.69, 9.17) is 5.11 Å². The van der Waals surface area contributed by atoms with Crippen molar-refractivity contribution in [3.63, 3.8) is 0 Å². The SMILES string of the molecule is CCCCCCCCCC[N+](C)(C)CCCO.